The van der Waals surface area contributed by atoms with Crippen LogP contribution in [0.15, 0.2) is 53.0 Å². The number of ketones is 1. The predicted molar refractivity (Wildman–Crippen MR) is 124 cm³/mol. The number of aromatic carboxylic acids is 1. The van der Waals surface area contributed by atoms with Crippen LogP contribution in [0.1, 0.15) is 39.9 Å². The number of nitrogens with one attached hydrogen (secondary N) is 1. The van der Waals surface area contributed by atoms with Crippen LogP contribution in [0.4, 0.5) is 11.4 Å². The third-order valence-electron chi connectivity index (χ3n) is 5.90. The molecule has 0 saturated carbocycles. The zero-order chi connectivity index (χ0) is 22.8. The van der Waals surface area contributed by atoms with Crippen molar-refractivity contribution in [3.63, 3.8) is 0 Å². The Morgan fingerprint density at radius 1 is 1.16 bits per heavy atom. The minimum atomic E-state index is -1.01. The smallest absolute Gasteiger partial charge is 0.337 e. The van der Waals surface area contributed by atoms with Crippen LogP contribution in [0.5, 0.6) is 0 Å². The molecule has 0 spiro atoms. The molecule has 4 rings (SSSR count). The number of carbonyl (C=O) groups is 3. The molecule has 2 aromatic carbocycles. The Bertz CT molecular complexity index is 1180. The lowest BCUT2D eigenvalue weighted by molar-refractivity contribution is -0.124. The minimum absolute atomic E-state index is 0.188. The van der Waals surface area contributed by atoms with Crippen molar-refractivity contribution in [2.45, 2.75) is 33.1 Å². The highest BCUT2D eigenvalue weighted by molar-refractivity contribution is 6.34. The van der Waals surface area contributed by atoms with E-state index in [0.717, 1.165) is 23.2 Å². The van der Waals surface area contributed by atoms with Gasteiger partial charge in [0.1, 0.15) is 5.84 Å². The van der Waals surface area contributed by atoms with Crippen LogP contribution in [0.3, 0.4) is 0 Å². The van der Waals surface area contributed by atoms with E-state index in [-0.39, 0.29) is 17.8 Å². The van der Waals surface area contributed by atoms with Crippen LogP contribution >= 0.6 is 0 Å². The van der Waals surface area contributed by atoms with E-state index in [0.29, 0.717) is 36.6 Å². The maximum atomic E-state index is 12.6. The molecule has 0 saturated heterocycles. The Morgan fingerprint density at radius 2 is 1.91 bits per heavy atom. The Morgan fingerprint density at radius 3 is 2.69 bits per heavy atom. The number of fused-ring (bicyclic) bond motifs is 2. The molecule has 0 unspecified atom stereocenters. The maximum Gasteiger partial charge on any atom is 0.337 e. The van der Waals surface area contributed by atoms with E-state index in [1.54, 1.807) is 24.3 Å². The number of carboxylic acids is 1. The molecule has 0 radical (unpaired) electrons. The van der Waals surface area contributed by atoms with E-state index in [9.17, 15) is 19.5 Å². The normalized spacial score (nSPS) is 15.8. The summed E-state index contributed by atoms with van der Waals surface area (Å²) in [6.07, 6.45) is 3.15. The van der Waals surface area contributed by atoms with Gasteiger partial charge in [-0.2, -0.15) is 4.99 Å². The van der Waals surface area contributed by atoms with Crippen molar-refractivity contribution in [3.8, 4) is 0 Å². The molecule has 0 atom stereocenters. The zero-order valence-corrected chi connectivity index (χ0v) is 18.1. The molecule has 0 aromatic heterocycles. The van der Waals surface area contributed by atoms with Gasteiger partial charge in [0.25, 0.3) is 5.91 Å². The standard InChI is InChI=1S/C25H25N3O4/c1-15-12-17-6-5-8-19-22(29)14-23(30)27-24(19)28(21(17)13-16(15)2)11-10-26-20-9-4-3-7-18(20)25(31)32/h3-4,7-9,12-13,26H,5-6,10-11,14H2,1-2H3,(H,31,32). The van der Waals surface area contributed by atoms with Crippen molar-refractivity contribution in [1.82, 2.24) is 0 Å². The van der Waals surface area contributed by atoms with Gasteiger partial charge < -0.3 is 15.3 Å². The van der Waals surface area contributed by atoms with Gasteiger partial charge in [0, 0.05) is 24.5 Å². The second-order valence-corrected chi connectivity index (χ2v) is 8.08. The highest BCUT2D eigenvalue weighted by Crippen LogP contribution is 2.31. The summed E-state index contributed by atoms with van der Waals surface area (Å²) >= 11 is 0. The SMILES string of the molecule is Cc1cc2c(cc1C)N(CCNc1ccccc1C(=O)O)C1=NC(=O)CC(=O)C1=CCC2. The molecule has 2 aliphatic heterocycles. The molecule has 0 fully saturated rings. The number of aliphatic imine (C=N–C) groups is 1. The molecule has 1 amide bonds. The fourth-order valence-corrected chi connectivity index (χ4v) is 4.14. The number of hydrogen-bond donors (Lipinski definition) is 2. The van der Waals surface area contributed by atoms with Gasteiger partial charge >= 0.3 is 5.97 Å². The summed E-state index contributed by atoms with van der Waals surface area (Å²) in [7, 11) is 0. The van der Waals surface area contributed by atoms with Crippen molar-refractivity contribution < 1.29 is 19.5 Å². The van der Waals surface area contributed by atoms with Gasteiger partial charge in [-0.1, -0.05) is 24.3 Å². The number of carbonyl (C=O) groups excluding carboxylic acids is 2. The summed E-state index contributed by atoms with van der Waals surface area (Å²) in [5.74, 6) is -1.28. The number of carboxylic acid groups (broad SMARTS) is 1. The molecule has 2 heterocycles. The molecule has 7 heteroatoms. The van der Waals surface area contributed by atoms with Crippen LogP contribution in [0.2, 0.25) is 0 Å². The van der Waals surface area contributed by atoms with Crippen LogP contribution in [0.25, 0.3) is 0 Å². The number of aryl methyl sites for hydroxylation is 3. The van der Waals surface area contributed by atoms with E-state index in [1.165, 1.54) is 5.56 Å². The van der Waals surface area contributed by atoms with Crippen LogP contribution < -0.4 is 10.2 Å². The summed E-state index contributed by atoms with van der Waals surface area (Å²) in [4.78, 5) is 42.5. The van der Waals surface area contributed by atoms with E-state index in [4.69, 9.17) is 0 Å². The monoisotopic (exact) mass is 431 g/mol. The van der Waals surface area contributed by atoms with Crippen molar-refractivity contribution in [3.05, 3.63) is 70.3 Å². The third kappa shape index (κ3) is 4.19. The first-order valence-corrected chi connectivity index (χ1v) is 10.6. The molecule has 2 aromatic rings. The minimum Gasteiger partial charge on any atom is -0.478 e. The largest absolute Gasteiger partial charge is 0.478 e. The van der Waals surface area contributed by atoms with Crippen LogP contribution in [-0.2, 0) is 16.0 Å². The van der Waals surface area contributed by atoms with Crippen molar-refractivity contribution in [2.75, 3.05) is 23.3 Å². The van der Waals surface area contributed by atoms with E-state index >= 15 is 0 Å². The van der Waals surface area contributed by atoms with Crippen molar-refractivity contribution in [1.29, 1.82) is 0 Å². The molecule has 7 nitrogen and oxygen atoms in total. The first-order chi connectivity index (χ1) is 15.3. The average Bonchev–Trinajstić information content (AvgIpc) is 2.74. The lowest BCUT2D eigenvalue weighted by Gasteiger charge is -2.32. The molecular weight excluding hydrogens is 406 g/mol. The Balaban J connectivity index is 1.71. The quantitative estimate of drug-likeness (QED) is 0.701. The number of amides is 1. The molecule has 32 heavy (non-hydrogen) atoms. The third-order valence-corrected chi connectivity index (χ3v) is 5.90. The number of hydrogen-bond acceptors (Lipinski definition) is 5. The van der Waals surface area contributed by atoms with E-state index in [1.807, 2.05) is 17.9 Å². The van der Waals surface area contributed by atoms with Gasteiger partial charge in [0.15, 0.2) is 5.78 Å². The maximum absolute atomic E-state index is 12.6. The summed E-state index contributed by atoms with van der Waals surface area (Å²) in [6, 6.07) is 10.9. The summed E-state index contributed by atoms with van der Waals surface area (Å²) in [5.41, 5.74) is 5.53. The Hall–Kier alpha value is -3.74. The fraction of sp³-hybridized carbons (Fsp3) is 0.280. The highest BCUT2D eigenvalue weighted by atomic mass is 16.4. The van der Waals surface area contributed by atoms with Gasteiger partial charge in [-0.25, -0.2) is 4.79 Å². The van der Waals surface area contributed by atoms with Crippen LogP contribution in [0, 0.1) is 13.8 Å². The topological polar surface area (TPSA) is 99.1 Å². The molecule has 0 aliphatic carbocycles. The summed E-state index contributed by atoms with van der Waals surface area (Å²) in [6.45, 7) is 4.89. The van der Waals surface area contributed by atoms with Gasteiger partial charge in [0.2, 0.25) is 0 Å². The molecule has 2 N–H and O–H groups in total. The first-order valence-electron chi connectivity index (χ1n) is 10.6. The summed E-state index contributed by atoms with van der Waals surface area (Å²) in [5, 5.41) is 12.6. The number of allylic oxidation sites excluding steroid dienone is 1. The highest BCUT2D eigenvalue weighted by Gasteiger charge is 2.31. The lowest BCUT2D eigenvalue weighted by Crippen LogP contribution is -2.42. The van der Waals surface area contributed by atoms with Gasteiger partial charge in [0.05, 0.1) is 17.6 Å². The number of rotatable bonds is 5. The summed E-state index contributed by atoms with van der Waals surface area (Å²) < 4.78 is 0. The molecule has 164 valence electrons. The van der Waals surface area contributed by atoms with E-state index < -0.39 is 11.9 Å². The van der Waals surface area contributed by atoms with Crippen molar-refractivity contribution >= 4 is 34.9 Å². The molecular formula is C25H25N3O4. The Labute approximate surface area is 186 Å². The van der Waals surface area contributed by atoms with Crippen molar-refractivity contribution in [2.24, 2.45) is 4.99 Å². The number of anilines is 2. The number of para-hydroxylation sites is 1. The van der Waals surface area contributed by atoms with Gasteiger partial charge in [-0.05, 0) is 61.6 Å². The molecule has 2 aliphatic rings. The fourth-order valence-electron chi connectivity index (χ4n) is 4.14. The number of Topliss-reactive ketones (excluding diaryl/α,β-unsaturated/α-hetero) is 1. The van der Waals surface area contributed by atoms with Gasteiger partial charge in [-0.15, -0.1) is 0 Å². The van der Waals surface area contributed by atoms with Gasteiger partial charge in [-0.3, -0.25) is 9.59 Å². The predicted octanol–water partition coefficient (Wildman–Crippen LogP) is 3.69. The second kappa shape index (κ2) is 8.78. The second-order valence-electron chi connectivity index (χ2n) is 8.08. The van der Waals surface area contributed by atoms with E-state index in [2.05, 4.69) is 29.4 Å². The zero-order valence-electron chi connectivity index (χ0n) is 18.1. The lowest BCUT2D eigenvalue weighted by atomic mass is 9.94. The first kappa shape index (κ1) is 21.5. The Kier molecular flexibility index (Phi) is 5.90. The van der Waals surface area contributed by atoms with Crippen LogP contribution in [-0.4, -0.2) is 41.7 Å². The number of amidine groups is 1. The molecule has 0 bridgehead atoms. The number of benzene rings is 2. The number of nitrogens with zero attached hydrogens (tertiary/aromatic N) is 2. The average molecular weight is 431 g/mol.